The summed E-state index contributed by atoms with van der Waals surface area (Å²) in [4.78, 5) is 24.3. The predicted molar refractivity (Wildman–Crippen MR) is 81.9 cm³/mol. The van der Waals surface area contributed by atoms with Gasteiger partial charge in [0.2, 0.25) is 0 Å². The van der Waals surface area contributed by atoms with Gasteiger partial charge in [-0.25, -0.2) is 9.59 Å². The predicted octanol–water partition coefficient (Wildman–Crippen LogP) is 2.81. The van der Waals surface area contributed by atoms with E-state index in [1.54, 1.807) is 12.1 Å². The second-order valence-electron chi connectivity index (χ2n) is 4.57. The number of benzene rings is 1. The lowest BCUT2D eigenvalue weighted by Gasteiger charge is -2.22. The van der Waals surface area contributed by atoms with Crippen LogP contribution in [0.2, 0.25) is 10.0 Å². The number of likely N-dealkylation sites (tertiary alicyclic amines) is 1. The molecule has 3 N–H and O–H groups in total. The van der Waals surface area contributed by atoms with Gasteiger partial charge in [-0.3, -0.25) is 0 Å². The highest BCUT2D eigenvalue weighted by molar-refractivity contribution is 9.10. The minimum atomic E-state index is -1.17. The first-order valence-electron chi connectivity index (χ1n) is 5.92. The van der Waals surface area contributed by atoms with Gasteiger partial charge >= 0.3 is 12.0 Å². The Labute approximate surface area is 138 Å². The van der Waals surface area contributed by atoms with Crippen LogP contribution in [0.5, 0.6) is 0 Å². The van der Waals surface area contributed by atoms with Crippen molar-refractivity contribution < 1.29 is 19.8 Å². The Morgan fingerprint density at radius 1 is 1.33 bits per heavy atom. The van der Waals surface area contributed by atoms with Crippen molar-refractivity contribution >= 4 is 56.8 Å². The smallest absolute Gasteiger partial charge is 0.326 e. The van der Waals surface area contributed by atoms with Crippen molar-refractivity contribution in [1.82, 2.24) is 4.90 Å². The number of urea groups is 1. The Balaban J connectivity index is 2.20. The second kappa shape index (κ2) is 6.39. The van der Waals surface area contributed by atoms with Crippen molar-refractivity contribution in [3.63, 3.8) is 0 Å². The Morgan fingerprint density at radius 3 is 2.43 bits per heavy atom. The summed E-state index contributed by atoms with van der Waals surface area (Å²) >= 11 is 15.2. The molecule has 1 saturated heterocycles. The van der Waals surface area contributed by atoms with E-state index >= 15 is 0 Å². The summed E-state index contributed by atoms with van der Waals surface area (Å²) in [5, 5.41) is 21.5. The van der Waals surface area contributed by atoms with E-state index in [-0.39, 0.29) is 28.7 Å². The normalized spacial score (nSPS) is 21.4. The molecule has 0 spiro atoms. The summed E-state index contributed by atoms with van der Waals surface area (Å²) < 4.78 is 0.649. The van der Waals surface area contributed by atoms with Gasteiger partial charge in [-0.1, -0.05) is 39.1 Å². The van der Waals surface area contributed by atoms with E-state index in [2.05, 4.69) is 21.2 Å². The fourth-order valence-corrected chi connectivity index (χ4v) is 3.42. The molecule has 1 aliphatic heterocycles. The largest absolute Gasteiger partial charge is 0.480 e. The number of carboxylic acids is 1. The number of nitrogens with zero attached hydrogens (tertiary/aromatic N) is 1. The Morgan fingerprint density at radius 2 is 1.90 bits per heavy atom. The van der Waals surface area contributed by atoms with E-state index in [1.807, 2.05) is 0 Å². The van der Waals surface area contributed by atoms with Gasteiger partial charge in [-0.05, 0) is 12.1 Å². The molecule has 0 unspecified atom stereocenters. The number of carboxylic acid groups (broad SMARTS) is 1. The quantitative estimate of drug-likeness (QED) is 0.715. The minimum absolute atomic E-state index is 0.00937. The van der Waals surface area contributed by atoms with Crippen LogP contribution in [0.25, 0.3) is 0 Å². The average Bonchev–Trinajstić information content (AvgIpc) is 2.76. The number of amides is 2. The number of anilines is 1. The number of rotatable bonds is 2. The van der Waals surface area contributed by atoms with Crippen LogP contribution in [-0.4, -0.2) is 45.8 Å². The molecule has 2 amide bonds. The van der Waals surface area contributed by atoms with Crippen LogP contribution in [0.4, 0.5) is 10.5 Å². The summed E-state index contributed by atoms with van der Waals surface area (Å²) in [6, 6.07) is 1.35. The second-order valence-corrected chi connectivity index (χ2v) is 6.30. The molecule has 1 aromatic carbocycles. The van der Waals surface area contributed by atoms with Crippen LogP contribution < -0.4 is 5.32 Å². The van der Waals surface area contributed by atoms with Crippen molar-refractivity contribution in [3.8, 4) is 0 Å². The van der Waals surface area contributed by atoms with Crippen LogP contribution in [0.15, 0.2) is 16.6 Å². The molecule has 1 aliphatic rings. The van der Waals surface area contributed by atoms with Crippen molar-refractivity contribution in [2.24, 2.45) is 0 Å². The Bertz CT molecular complexity index is 576. The zero-order valence-corrected chi connectivity index (χ0v) is 13.6. The Kier molecular flexibility index (Phi) is 4.98. The molecule has 6 nitrogen and oxygen atoms in total. The maximum absolute atomic E-state index is 12.2. The number of aliphatic hydroxyl groups is 1. The summed E-state index contributed by atoms with van der Waals surface area (Å²) in [6.45, 7) is -0.0609. The van der Waals surface area contributed by atoms with Gasteiger partial charge in [-0.15, -0.1) is 0 Å². The van der Waals surface area contributed by atoms with Gasteiger partial charge in [0.05, 0.1) is 21.8 Å². The molecular weight excluding hydrogens is 387 g/mol. The van der Waals surface area contributed by atoms with Crippen molar-refractivity contribution in [1.29, 1.82) is 0 Å². The lowest BCUT2D eigenvalue weighted by molar-refractivity contribution is -0.141. The number of carbonyl (C=O) groups excluding carboxylic acids is 1. The number of carbonyl (C=O) groups is 2. The monoisotopic (exact) mass is 396 g/mol. The zero-order chi connectivity index (χ0) is 15.7. The maximum Gasteiger partial charge on any atom is 0.326 e. The highest BCUT2D eigenvalue weighted by atomic mass is 79.9. The first-order valence-corrected chi connectivity index (χ1v) is 7.47. The number of β-amino-alcohol motifs (C(OH)–C–C–N with tert-alkyl or cyclic N) is 1. The molecule has 9 heteroatoms. The van der Waals surface area contributed by atoms with Gasteiger partial charge in [0.1, 0.15) is 6.04 Å². The van der Waals surface area contributed by atoms with E-state index in [4.69, 9.17) is 28.3 Å². The standard InChI is InChI=1S/C12H11BrCl2N2O4/c13-5-1-7(14)10(8(15)2-5)16-12(21)17-4-6(18)3-9(17)11(19)20/h1-2,6,9,18H,3-4H2,(H,16,21)(H,19,20)/t6-,9+/m1/s1. The van der Waals surface area contributed by atoms with Crippen LogP contribution >= 0.6 is 39.1 Å². The lowest BCUT2D eigenvalue weighted by Crippen LogP contribution is -2.43. The number of halogens is 3. The third kappa shape index (κ3) is 3.60. The molecule has 114 valence electrons. The van der Waals surface area contributed by atoms with Gasteiger partial charge in [0.25, 0.3) is 0 Å². The minimum Gasteiger partial charge on any atom is -0.480 e. The Hall–Kier alpha value is -1.02. The van der Waals surface area contributed by atoms with Gasteiger partial charge in [0.15, 0.2) is 0 Å². The highest BCUT2D eigenvalue weighted by Crippen LogP contribution is 2.34. The average molecular weight is 398 g/mol. The van der Waals surface area contributed by atoms with Crippen LogP contribution in [0, 0.1) is 0 Å². The number of hydrogen-bond donors (Lipinski definition) is 3. The first-order chi connectivity index (χ1) is 9.79. The van der Waals surface area contributed by atoms with Gasteiger partial charge in [0, 0.05) is 17.4 Å². The molecule has 0 bridgehead atoms. The number of aliphatic hydroxyl groups excluding tert-OH is 1. The van der Waals surface area contributed by atoms with E-state index in [9.17, 15) is 14.7 Å². The van der Waals surface area contributed by atoms with E-state index < -0.39 is 24.1 Å². The number of aliphatic carboxylic acids is 1. The molecule has 1 fully saturated rings. The van der Waals surface area contributed by atoms with Gasteiger partial charge < -0.3 is 20.4 Å². The molecule has 1 aromatic rings. The first kappa shape index (κ1) is 16.4. The maximum atomic E-state index is 12.2. The number of nitrogens with one attached hydrogen (secondary N) is 1. The van der Waals surface area contributed by atoms with E-state index in [0.717, 1.165) is 4.90 Å². The molecular formula is C12H11BrCl2N2O4. The molecule has 0 aliphatic carbocycles. The van der Waals surface area contributed by atoms with Crippen LogP contribution in [-0.2, 0) is 4.79 Å². The summed E-state index contributed by atoms with van der Waals surface area (Å²) in [6.07, 6.45) is -0.877. The molecule has 0 aromatic heterocycles. The van der Waals surface area contributed by atoms with Crippen LogP contribution in [0.3, 0.4) is 0 Å². The summed E-state index contributed by atoms with van der Waals surface area (Å²) in [7, 11) is 0. The topological polar surface area (TPSA) is 89.9 Å². The molecule has 2 atom stereocenters. The number of hydrogen-bond acceptors (Lipinski definition) is 3. The van der Waals surface area contributed by atoms with E-state index in [0.29, 0.717) is 4.47 Å². The molecule has 2 rings (SSSR count). The third-order valence-corrected chi connectivity index (χ3v) is 4.12. The van der Waals surface area contributed by atoms with E-state index in [1.165, 1.54) is 0 Å². The summed E-state index contributed by atoms with van der Waals surface area (Å²) in [5.41, 5.74) is 0.192. The van der Waals surface area contributed by atoms with Crippen LogP contribution in [0.1, 0.15) is 6.42 Å². The van der Waals surface area contributed by atoms with Gasteiger partial charge in [-0.2, -0.15) is 0 Å². The SMILES string of the molecule is O=C(O)[C@@H]1C[C@@H](O)CN1C(=O)Nc1c(Cl)cc(Br)cc1Cl. The van der Waals surface area contributed by atoms with Crippen molar-refractivity contribution in [2.75, 3.05) is 11.9 Å². The molecule has 21 heavy (non-hydrogen) atoms. The molecule has 1 heterocycles. The third-order valence-electron chi connectivity index (χ3n) is 3.06. The van der Waals surface area contributed by atoms with Crippen molar-refractivity contribution in [3.05, 3.63) is 26.7 Å². The zero-order valence-electron chi connectivity index (χ0n) is 10.5. The summed E-state index contributed by atoms with van der Waals surface area (Å²) in [5.74, 6) is -1.17. The fraction of sp³-hybridized carbons (Fsp3) is 0.333. The fourth-order valence-electron chi connectivity index (χ4n) is 2.11. The molecule has 0 saturated carbocycles. The highest BCUT2D eigenvalue weighted by Gasteiger charge is 2.39. The molecule has 0 radical (unpaired) electrons. The lowest BCUT2D eigenvalue weighted by atomic mass is 10.2. The van der Waals surface area contributed by atoms with Crippen molar-refractivity contribution in [2.45, 2.75) is 18.6 Å².